The maximum Gasteiger partial charge on any atom is 0.182 e. The van der Waals surface area contributed by atoms with Crippen LogP contribution in [0.2, 0.25) is 0 Å². The highest BCUT2D eigenvalue weighted by Crippen LogP contribution is 2.37. The van der Waals surface area contributed by atoms with Gasteiger partial charge in [-0.15, -0.1) is 11.3 Å². The molecule has 2 aliphatic heterocycles. The average Bonchev–Trinajstić information content (AvgIpc) is 2.79. The summed E-state index contributed by atoms with van der Waals surface area (Å²) in [6.45, 7) is 3.14. The molecule has 0 spiro atoms. The highest BCUT2D eigenvalue weighted by molar-refractivity contribution is 7.09. The molecule has 1 N–H and O–H groups in total. The van der Waals surface area contributed by atoms with Gasteiger partial charge < -0.3 is 9.30 Å². The molecule has 4 heteroatoms. The third-order valence-electron chi connectivity index (χ3n) is 3.25. The summed E-state index contributed by atoms with van der Waals surface area (Å²) < 4.78 is 7.99. The maximum absolute atomic E-state index is 8.03. The molecule has 0 fully saturated rings. The Morgan fingerprint density at radius 2 is 2.44 bits per heavy atom. The highest BCUT2D eigenvalue weighted by atomic mass is 32.1. The van der Waals surface area contributed by atoms with Crippen LogP contribution in [0.1, 0.15) is 36.4 Å². The Morgan fingerprint density at radius 3 is 3.25 bits per heavy atom. The van der Waals surface area contributed by atoms with Crippen LogP contribution in [0.15, 0.2) is 12.2 Å². The van der Waals surface area contributed by atoms with Gasteiger partial charge in [-0.25, -0.2) is 0 Å². The molecule has 0 aliphatic carbocycles. The lowest BCUT2D eigenvalue weighted by atomic mass is 10.1. The minimum absolute atomic E-state index is 0.112. The van der Waals surface area contributed by atoms with Crippen molar-refractivity contribution in [2.75, 3.05) is 0 Å². The van der Waals surface area contributed by atoms with E-state index >= 15 is 0 Å². The van der Waals surface area contributed by atoms with Crippen molar-refractivity contribution in [2.45, 2.75) is 44.9 Å². The maximum atomic E-state index is 8.03. The van der Waals surface area contributed by atoms with E-state index in [-0.39, 0.29) is 12.2 Å². The molecule has 0 aromatic carbocycles. The molecule has 3 heterocycles. The van der Waals surface area contributed by atoms with Crippen LogP contribution in [0, 0.1) is 5.41 Å². The number of aromatic nitrogens is 1. The second kappa shape index (κ2) is 3.86. The smallest absolute Gasteiger partial charge is 0.182 e. The van der Waals surface area contributed by atoms with Gasteiger partial charge in [-0.2, -0.15) is 0 Å². The second-order valence-electron chi connectivity index (χ2n) is 4.40. The largest absolute Gasteiger partial charge is 0.360 e. The van der Waals surface area contributed by atoms with Gasteiger partial charge in [0.2, 0.25) is 0 Å². The summed E-state index contributed by atoms with van der Waals surface area (Å²) in [5.74, 6) is 0. The van der Waals surface area contributed by atoms with Gasteiger partial charge in [-0.3, -0.25) is 5.41 Å². The predicted octanol–water partition coefficient (Wildman–Crippen LogP) is 2.38. The van der Waals surface area contributed by atoms with E-state index in [0.717, 1.165) is 19.4 Å². The van der Waals surface area contributed by atoms with Crippen LogP contribution in [0.5, 0.6) is 0 Å². The summed E-state index contributed by atoms with van der Waals surface area (Å²) in [5, 5.41) is 8.03. The minimum atomic E-state index is 0.112. The molecule has 2 atom stereocenters. The summed E-state index contributed by atoms with van der Waals surface area (Å²) in [6, 6.07) is 0. The van der Waals surface area contributed by atoms with Crippen LogP contribution < -0.4 is 4.80 Å². The van der Waals surface area contributed by atoms with Gasteiger partial charge in [0.25, 0.3) is 0 Å². The molecule has 0 saturated heterocycles. The fraction of sp³-hybridized carbons (Fsp3) is 0.583. The number of hydrogen-bond acceptors (Lipinski definition) is 3. The normalized spacial score (nSPS) is 26.1. The molecule has 1 aromatic heterocycles. The average molecular weight is 236 g/mol. The number of nitrogens with one attached hydrogen (secondary N) is 1. The number of nitrogens with zero attached hydrogens (tertiary/aromatic N) is 1. The second-order valence-corrected chi connectivity index (χ2v) is 5.49. The lowest BCUT2D eigenvalue weighted by Gasteiger charge is -2.22. The molecule has 0 radical (unpaired) electrons. The number of ether oxygens (including phenoxy) is 1. The van der Waals surface area contributed by atoms with E-state index in [0.29, 0.717) is 4.80 Å². The summed E-state index contributed by atoms with van der Waals surface area (Å²) in [5.41, 5.74) is 1.24. The van der Waals surface area contributed by atoms with E-state index in [2.05, 4.69) is 23.6 Å². The van der Waals surface area contributed by atoms with Crippen molar-refractivity contribution in [3.63, 3.8) is 0 Å². The Morgan fingerprint density at radius 1 is 1.56 bits per heavy atom. The Labute approximate surface area is 98.9 Å². The van der Waals surface area contributed by atoms with Crippen molar-refractivity contribution in [3.8, 4) is 0 Å². The molecule has 1 aromatic rings. The van der Waals surface area contributed by atoms with Crippen molar-refractivity contribution in [2.24, 2.45) is 0 Å². The first-order valence-electron chi connectivity index (χ1n) is 5.90. The Balaban J connectivity index is 2.02. The van der Waals surface area contributed by atoms with Gasteiger partial charge in [0, 0.05) is 17.8 Å². The minimum Gasteiger partial charge on any atom is -0.360 e. The van der Waals surface area contributed by atoms with E-state index in [1.165, 1.54) is 17.0 Å². The van der Waals surface area contributed by atoms with Crippen molar-refractivity contribution in [3.05, 3.63) is 27.5 Å². The van der Waals surface area contributed by atoms with Crippen molar-refractivity contribution in [1.82, 2.24) is 4.57 Å². The summed E-state index contributed by atoms with van der Waals surface area (Å²) >= 11 is 1.62. The van der Waals surface area contributed by atoms with Crippen LogP contribution in [-0.4, -0.2) is 10.7 Å². The zero-order valence-electron chi connectivity index (χ0n) is 9.40. The number of rotatable bonds is 3. The third-order valence-corrected chi connectivity index (χ3v) is 4.29. The van der Waals surface area contributed by atoms with Crippen molar-refractivity contribution in [1.29, 1.82) is 5.41 Å². The van der Waals surface area contributed by atoms with Crippen LogP contribution in [0.4, 0.5) is 0 Å². The van der Waals surface area contributed by atoms with E-state index in [1.807, 2.05) is 0 Å². The first-order valence-corrected chi connectivity index (χ1v) is 6.72. The molecular weight excluding hydrogens is 220 g/mol. The first-order chi connectivity index (χ1) is 7.79. The van der Waals surface area contributed by atoms with E-state index in [1.54, 1.807) is 11.3 Å². The molecule has 0 saturated carbocycles. The standard InChI is InChI=1S/C12H16N2OS/c1-2-3-6-14-11-9-5-4-8(15-9)7-10(11)16-12(14)13/h4-5,8-9,13H,2-3,6-7H2,1H3. The van der Waals surface area contributed by atoms with E-state index in [4.69, 9.17) is 10.1 Å². The van der Waals surface area contributed by atoms with Gasteiger partial charge >= 0.3 is 0 Å². The van der Waals surface area contributed by atoms with E-state index in [9.17, 15) is 0 Å². The summed E-state index contributed by atoms with van der Waals surface area (Å²) in [7, 11) is 0. The molecular formula is C12H16N2OS. The highest BCUT2D eigenvalue weighted by Gasteiger charge is 2.33. The van der Waals surface area contributed by atoms with Gasteiger partial charge in [-0.1, -0.05) is 25.5 Å². The Hall–Kier alpha value is -0.870. The van der Waals surface area contributed by atoms with Gasteiger partial charge in [0.15, 0.2) is 4.80 Å². The molecule has 16 heavy (non-hydrogen) atoms. The zero-order chi connectivity index (χ0) is 11.1. The van der Waals surface area contributed by atoms with Crippen LogP contribution in [0.3, 0.4) is 0 Å². The lowest BCUT2D eigenvalue weighted by Crippen LogP contribution is -2.23. The monoisotopic (exact) mass is 236 g/mol. The summed E-state index contributed by atoms with van der Waals surface area (Å²) in [6.07, 6.45) is 7.94. The quantitative estimate of drug-likeness (QED) is 0.804. The first kappa shape index (κ1) is 10.3. The third kappa shape index (κ3) is 1.48. The fourth-order valence-corrected chi connectivity index (χ4v) is 3.55. The number of hydrogen-bond donors (Lipinski definition) is 1. The topological polar surface area (TPSA) is 38.0 Å². The molecule has 3 rings (SSSR count). The van der Waals surface area contributed by atoms with Crippen LogP contribution in [-0.2, 0) is 17.7 Å². The molecule has 3 nitrogen and oxygen atoms in total. The Kier molecular flexibility index (Phi) is 2.48. The fourth-order valence-electron chi connectivity index (χ4n) is 2.44. The van der Waals surface area contributed by atoms with Crippen molar-refractivity contribution < 1.29 is 4.74 Å². The molecule has 0 amide bonds. The van der Waals surface area contributed by atoms with E-state index < -0.39 is 0 Å². The van der Waals surface area contributed by atoms with Crippen LogP contribution in [0.25, 0.3) is 0 Å². The van der Waals surface area contributed by atoms with Gasteiger partial charge in [0.1, 0.15) is 6.10 Å². The SMILES string of the molecule is CCCCn1c2c(sc1=N)CC1C=CC2O1. The number of thiazole rings is 1. The summed E-state index contributed by atoms with van der Waals surface area (Å²) in [4.78, 5) is 2.04. The lowest BCUT2D eigenvalue weighted by molar-refractivity contribution is 0.0436. The Bertz CT molecular complexity index is 486. The molecule has 2 unspecified atom stereocenters. The molecule has 86 valence electrons. The van der Waals surface area contributed by atoms with Gasteiger partial charge in [-0.05, 0) is 6.42 Å². The molecule has 2 aliphatic rings. The predicted molar refractivity (Wildman–Crippen MR) is 63.5 cm³/mol. The van der Waals surface area contributed by atoms with Crippen LogP contribution >= 0.6 is 11.3 Å². The number of unbranched alkanes of at least 4 members (excludes halogenated alkanes) is 1. The van der Waals surface area contributed by atoms with Gasteiger partial charge in [0.05, 0.1) is 11.8 Å². The van der Waals surface area contributed by atoms with Crippen molar-refractivity contribution >= 4 is 11.3 Å². The zero-order valence-corrected chi connectivity index (χ0v) is 10.2. The number of fused-ring (bicyclic) bond motifs is 4. The molecule has 2 bridgehead atoms.